The van der Waals surface area contributed by atoms with Crippen molar-refractivity contribution in [2.75, 3.05) is 7.11 Å². The maximum atomic E-state index is 10.9. The summed E-state index contributed by atoms with van der Waals surface area (Å²) in [6.45, 7) is 3.82. The van der Waals surface area contributed by atoms with Crippen LogP contribution in [-0.4, -0.2) is 23.3 Å². The molecule has 0 aromatic carbocycles. The molecular formula is C10H13NO4. The predicted octanol–water partition coefficient (Wildman–Crippen LogP) is 1.51. The number of ether oxygens (including phenoxy) is 1. The average Bonchev–Trinajstić information content (AvgIpc) is 2.59. The number of hydrogen-bond donors (Lipinski definition) is 1. The highest BCUT2D eigenvalue weighted by molar-refractivity contribution is 5.77. The second-order valence-corrected chi connectivity index (χ2v) is 4.39. The Morgan fingerprint density at radius 2 is 2.33 bits per heavy atom. The lowest BCUT2D eigenvalue weighted by atomic mass is 10.1. The molecule has 1 fully saturated rings. The lowest BCUT2D eigenvalue weighted by Gasteiger charge is -1.96. The largest absolute Gasteiger partial charge is 0.481 e. The van der Waals surface area contributed by atoms with E-state index in [-0.39, 0.29) is 11.3 Å². The van der Waals surface area contributed by atoms with Gasteiger partial charge in [-0.2, -0.15) is 0 Å². The Morgan fingerprint density at radius 3 is 2.73 bits per heavy atom. The van der Waals surface area contributed by atoms with Crippen molar-refractivity contribution in [3.63, 3.8) is 0 Å². The predicted molar refractivity (Wildman–Crippen MR) is 50.7 cm³/mol. The van der Waals surface area contributed by atoms with E-state index in [0.29, 0.717) is 11.6 Å². The molecule has 1 heterocycles. The van der Waals surface area contributed by atoms with Crippen LogP contribution in [0.5, 0.6) is 5.88 Å². The molecule has 1 aliphatic carbocycles. The summed E-state index contributed by atoms with van der Waals surface area (Å²) in [6, 6.07) is 1.65. The molecule has 0 spiro atoms. The second kappa shape index (κ2) is 2.98. The van der Waals surface area contributed by atoms with Crippen molar-refractivity contribution in [3.05, 3.63) is 11.8 Å². The Bertz CT molecular complexity index is 396. The van der Waals surface area contributed by atoms with Crippen LogP contribution in [0, 0.1) is 11.3 Å². The highest BCUT2D eigenvalue weighted by Crippen LogP contribution is 2.64. The average molecular weight is 211 g/mol. The first-order valence-corrected chi connectivity index (χ1v) is 4.72. The minimum absolute atomic E-state index is 0.105. The van der Waals surface area contributed by atoms with Crippen LogP contribution in [0.1, 0.15) is 25.5 Å². The van der Waals surface area contributed by atoms with E-state index in [2.05, 4.69) is 5.16 Å². The normalized spacial score (nSPS) is 27.4. The van der Waals surface area contributed by atoms with E-state index in [9.17, 15) is 4.79 Å². The van der Waals surface area contributed by atoms with Gasteiger partial charge >= 0.3 is 5.97 Å². The first kappa shape index (κ1) is 10.0. The zero-order valence-electron chi connectivity index (χ0n) is 8.85. The molecule has 1 saturated carbocycles. The molecular weight excluding hydrogens is 198 g/mol. The van der Waals surface area contributed by atoms with Crippen molar-refractivity contribution in [1.29, 1.82) is 0 Å². The van der Waals surface area contributed by atoms with Crippen LogP contribution in [0.15, 0.2) is 10.6 Å². The molecule has 5 heteroatoms. The number of nitrogens with zero attached hydrogens (tertiary/aromatic N) is 1. The third kappa shape index (κ3) is 1.38. The topological polar surface area (TPSA) is 72.6 Å². The zero-order chi connectivity index (χ0) is 11.2. The van der Waals surface area contributed by atoms with Gasteiger partial charge in [-0.05, 0) is 10.6 Å². The molecule has 2 atom stereocenters. The SMILES string of the molecule is COc1cc(C2C(C(=O)O)C2(C)C)on1. The van der Waals surface area contributed by atoms with E-state index in [1.807, 2.05) is 13.8 Å². The zero-order valence-corrected chi connectivity index (χ0v) is 8.85. The van der Waals surface area contributed by atoms with Gasteiger partial charge in [0.1, 0.15) is 5.76 Å². The summed E-state index contributed by atoms with van der Waals surface area (Å²) >= 11 is 0. The lowest BCUT2D eigenvalue weighted by molar-refractivity contribution is -0.139. The molecule has 5 nitrogen and oxygen atoms in total. The number of rotatable bonds is 3. The molecule has 0 radical (unpaired) electrons. The van der Waals surface area contributed by atoms with Crippen LogP contribution < -0.4 is 4.74 Å². The maximum absolute atomic E-state index is 10.9. The first-order valence-electron chi connectivity index (χ1n) is 4.72. The monoisotopic (exact) mass is 211 g/mol. The van der Waals surface area contributed by atoms with Crippen LogP contribution in [-0.2, 0) is 4.79 Å². The number of carbonyl (C=O) groups is 1. The van der Waals surface area contributed by atoms with E-state index < -0.39 is 11.9 Å². The number of hydrogen-bond acceptors (Lipinski definition) is 4. The van der Waals surface area contributed by atoms with E-state index in [1.165, 1.54) is 7.11 Å². The highest BCUT2D eigenvalue weighted by atomic mass is 16.5. The van der Waals surface area contributed by atoms with Crippen LogP contribution in [0.25, 0.3) is 0 Å². The van der Waals surface area contributed by atoms with Gasteiger partial charge in [0.25, 0.3) is 5.88 Å². The Balaban J connectivity index is 2.23. The van der Waals surface area contributed by atoms with Crippen molar-refractivity contribution in [1.82, 2.24) is 5.16 Å². The minimum atomic E-state index is -0.791. The molecule has 82 valence electrons. The Morgan fingerprint density at radius 1 is 1.67 bits per heavy atom. The number of methoxy groups -OCH3 is 1. The standard InChI is InChI=1S/C10H13NO4/c1-10(2)7(8(10)9(12)13)5-4-6(14-3)11-15-5/h4,7-8H,1-3H3,(H,12,13). The summed E-state index contributed by atoms with van der Waals surface area (Å²) in [5, 5.41) is 12.7. The van der Waals surface area contributed by atoms with Gasteiger partial charge < -0.3 is 14.4 Å². The van der Waals surface area contributed by atoms with Gasteiger partial charge in [0, 0.05) is 12.0 Å². The molecule has 1 N–H and O–H groups in total. The summed E-state index contributed by atoms with van der Waals surface area (Å²) in [5.41, 5.74) is -0.267. The highest BCUT2D eigenvalue weighted by Gasteiger charge is 2.64. The van der Waals surface area contributed by atoms with Crippen molar-refractivity contribution >= 4 is 5.97 Å². The molecule has 2 unspecified atom stereocenters. The van der Waals surface area contributed by atoms with Crippen molar-refractivity contribution in [2.45, 2.75) is 19.8 Å². The summed E-state index contributed by atoms with van der Waals surface area (Å²) in [5.74, 6) is -0.317. The molecule has 15 heavy (non-hydrogen) atoms. The lowest BCUT2D eigenvalue weighted by Crippen LogP contribution is -2.02. The van der Waals surface area contributed by atoms with Crippen LogP contribution in [0.3, 0.4) is 0 Å². The van der Waals surface area contributed by atoms with Crippen molar-refractivity contribution in [3.8, 4) is 5.88 Å². The fraction of sp³-hybridized carbons (Fsp3) is 0.600. The minimum Gasteiger partial charge on any atom is -0.481 e. The molecule has 1 aromatic rings. The van der Waals surface area contributed by atoms with Gasteiger partial charge in [0.15, 0.2) is 0 Å². The molecule has 1 aromatic heterocycles. The Labute approximate surface area is 87.0 Å². The number of carboxylic acid groups (broad SMARTS) is 1. The van der Waals surface area contributed by atoms with E-state index in [1.54, 1.807) is 6.07 Å². The summed E-state index contributed by atoms with van der Waals surface area (Å²) < 4.78 is 9.94. The van der Waals surface area contributed by atoms with E-state index in [4.69, 9.17) is 14.4 Å². The molecule has 0 amide bonds. The van der Waals surface area contributed by atoms with E-state index >= 15 is 0 Å². The summed E-state index contributed by atoms with van der Waals surface area (Å²) in [4.78, 5) is 10.9. The number of aromatic nitrogens is 1. The van der Waals surface area contributed by atoms with Gasteiger partial charge in [0.05, 0.1) is 13.0 Å². The maximum Gasteiger partial charge on any atom is 0.307 e. The molecule has 1 aliphatic rings. The van der Waals surface area contributed by atoms with Crippen LogP contribution >= 0.6 is 0 Å². The van der Waals surface area contributed by atoms with E-state index in [0.717, 1.165) is 0 Å². The number of aliphatic carboxylic acids is 1. The Kier molecular flexibility index (Phi) is 1.99. The van der Waals surface area contributed by atoms with Gasteiger partial charge in [-0.25, -0.2) is 0 Å². The quantitative estimate of drug-likeness (QED) is 0.820. The fourth-order valence-electron chi connectivity index (χ4n) is 2.14. The van der Waals surface area contributed by atoms with Crippen molar-refractivity contribution in [2.24, 2.45) is 11.3 Å². The summed E-state index contributed by atoms with van der Waals surface area (Å²) in [7, 11) is 1.49. The number of carboxylic acids is 1. The van der Waals surface area contributed by atoms with Crippen LogP contribution in [0.4, 0.5) is 0 Å². The molecule has 2 rings (SSSR count). The van der Waals surface area contributed by atoms with Gasteiger partial charge in [0.2, 0.25) is 0 Å². The first-order chi connectivity index (χ1) is 6.98. The van der Waals surface area contributed by atoms with Crippen LogP contribution in [0.2, 0.25) is 0 Å². The Hall–Kier alpha value is -1.52. The molecule has 0 aliphatic heterocycles. The third-order valence-electron chi connectivity index (χ3n) is 3.12. The summed E-state index contributed by atoms with van der Waals surface area (Å²) in [6.07, 6.45) is 0. The van der Waals surface area contributed by atoms with Gasteiger partial charge in [-0.1, -0.05) is 13.8 Å². The second-order valence-electron chi connectivity index (χ2n) is 4.39. The van der Waals surface area contributed by atoms with Gasteiger partial charge in [-0.3, -0.25) is 4.79 Å². The fourth-order valence-corrected chi connectivity index (χ4v) is 2.14. The smallest absolute Gasteiger partial charge is 0.307 e. The molecule has 0 saturated heterocycles. The molecule has 0 bridgehead atoms. The van der Waals surface area contributed by atoms with Crippen molar-refractivity contribution < 1.29 is 19.2 Å². The third-order valence-corrected chi connectivity index (χ3v) is 3.12. The van der Waals surface area contributed by atoms with Gasteiger partial charge in [-0.15, -0.1) is 0 Å².